The molecule has 1 saturated heterocycles. The molecule has 0 aromatic carbocycles. The smallest absolute Gasteiger partial charge is 0.219 e. The van der Waals surface area contributed by atoms with E-state index in [-0.39, 0.29) is 0 Å². The van der Waals surface area contributed by atoms with Crippen molar-refractivity contribution in [1.82, 2.24) is 5.32 Å². The van der Waals surface area contributed by atoms with E-state index in [0.717, 1.165) is 7.11 Å². The number of carbonyl (C=O) groups excluding carboxylic acids is 1. The largest absolute Gasteiger partial charge is 0.394 e. The minimum atomic E-state index is -2.39. The van der Waals surface area contributed by atoms with Gasteiger partial charge in [0.05, 0.1) is 6.61 Å². The molecule has 1 rings (SSSR count). The highest BCUT2D eigenvalue weighted by Crippen LogP contribution is 2.28. The lowest BCUT2D eigenvalue weighted by atomic mass is 9.93. The number of aliphatic hydroxyl groups is 4. The van der Waals surface area contributed by atoms with Crippen molar-refractivity contribution in [3.05, 3.63) is 0 Å². The minimum Gasteiger partial charge on any atom is -0.394 e. The second-order valence-corrected chi connectivity index (χ2v) is 3.73. The van der Waals surface area contributed by atoms with Crippen molar-refractivity contribution in [1.29, 1.82) is 0 Å². The Bertz CT molecular complexity index is 301. The number of aliphatic hydroxyl groups excluding tert-OH is 3. The monoisotopic (exact) mass is 252 g/mol. The first-order valence-corrected chi connectivity index (χ1v) is 4.88. The summed E-state index contributed by atoms with van der Waals surface area (Å²) >= 11 is 0. The van der Waals surface area contributed by atoms with Gasteiger partial charge in [0.15, 0.2) is 0 Å². The average molecular weight is 252 g/mol. The van der Waals surface area contributed by atoms with E-state index in [1.54, 1.807) is 0 Å². The van der Waals surface area contributed by atoms with Crippen LogP contribution in [0.5, 0.6) is 0 Å². The SMILES string of the molecule is [2H]CC(=O)N[C@]1(O)C(OC)O[C@H](CO)[C@@H](O)[C@@H]1O. The molecule has 1 aliphatic rings. The van der Waals surface area contributed by atoms with Crippen LogP contribution < -0.4 is 5.32 Å². The molecule has 1 heterocycles. The van der Waals surface area contributed by atoms with E-state index in [1.807, 2.05) is 5.32 Å². The molecular weight excluding hydrogens is 234 g/mol. The summed E-state index contributed by atoms with van der Waals surface area (Å²) in [5.41, 5.74) is -2.39. The van der Waals surface area contributed by atoms with E-state index < -0.39 is 49.7 Å². The molecule has 0 saturated carbocycles. The summed E-state index contributed by atoms with van der Waals surface area (Å²) in [7, 11) is 1.15. The zero-order valence-electron chi connectivity index (χ0n) is 10.2. The second kappa shape index (κ2) is 5.25. The molecule has 1 unspecified atom stereocenters. The van der Waals surface area contributed by atoms with Crippen LogP contribution in [0.15, 0.2) is 0 Å². The van der Waals surface area contributed by atoms with E-state index in [1.165, 1.54) is 0 Å². The molecule has 1 fully saturated rings. The zero-order valence-corrected chi connectivity index (χ0v) is 9.24. The quantitative estimate of drug-likeness (QED) is 0.336. The lowest BCUT2D eigenvalue weighted by Gasteiger charge is -2.47. The molecule has 1 aliphatic heterocycles. The maximum atomic E-state index is 11.1. The number of carbonyl (C=O) groups is 1. The summed E-state index contributed by atoms with van der Waals surface area (Å²) in [6, 6.07) is 0. The van der Waals surface area contributed by atoms with E-state index in [4.69, 9.17) is 16.0 Å². The van der Waals surface area contributed by atoms with Gasteiger partial charge in [0, 0.05) is 15.4 Å². The molecule has 8 heteroatoms. The van der Waals surface area contributed by atoms with E-state index >= 15 is 0 Å². The Kier molecular flexibility index (Phi) is 3.92. The molecule has 17 heavy (non-hydrogen) atoms. The molecule has 5 N–H and O–H groups in total. The van der Waals surface area contributed by atoms with Crippen LogP contribution in [0.3, 0.4) is 0 Å². The fraction of sp³-hybridized carbons (Fsp3) is 0.889. The average Bonchev–Trinajstić information content (AvgIpc) is 2.36. The highest BCUT2D eigenvalue weighted by Gasteiger charge is 2.55. The number of amides is 1. The Balaban J connectivity index is 2.95. The Hall–Kier alpha value is -0.770. The Morgan fingerprint density at radius 3 is 2.76 bits per heavy atom. The molecule has 0 radical (unpaired) electrons. The fourth-order valence-electron chi connectivity index (χ4n) is 1.69. The standard InChI is InChI=1S/C9H17NO7/c1-4(12)10-9(15)7(14)6(13)5(3-11)17-8(9)16-2/h5-8,11,13-15H,3H2,1-2H3,(H,10,12)/t5-,6-,7+,8?,9-/m1/s1/i1D. The van der Waals surface area contributed by atoms with Crippen LogP contribution in [0.4, 0.5) is 0 Å². The number of nitrogens with one attached hydrogen (secondary N) is 1. The van der Waals surface area contributed by atoms with Crippen molar-refractivity contribution in [2.45, 2.75) is 37.2 Å². The molecule has 0 spiro atoms. The van der Waals surface area contributed by atoms with Crippen LogP contribution in [0, 0.1) is 0 Å². The minimum absolute atomic E-state index is 0.597. The highest BCUT2D eigenvalue weighted by atomic mass is 16.7. The molecule has 100 valence electrons. The normalized spacial score (nSPS) is 43.0. The fourth-order valence-corrected chi connectivity index (χ4v) is 1.69. The maximum Gasteiger partial charge on any atom is 0.219 e. The van der Waals surface area contributed by atoms with Gasteiger partial charge >= 0.3 is 0 Å². The van der Waals surface area contributed by atoms with Gasteiger partial charge in [-0.15, -0.1) is 0 Å². The molecule has 0 aromatic heterocycles. The van der Waals surface area contributed by atoms with Gasteiger partial charge in [-0.2, -0.15) is 0 Å². The van der Waals surface area contributed by atoms with Gasteiger partial charge in [0.25, 0.3) is 0 Å². The maximum absolute atomic E-state index is 11.1. The predicted molar refractivity (Wildman–Crippen MR) is 53.5 cm³/mol. The Labute approximate surface area is 99.2 Å². The third-order valence-corrected chi connectivity index (χ3v) is 2.55. The summed E-state index contributed by atoms with van der Waals surface area (Å²) in [6.45, 7) is -1.27. The predicted octanol–water partition coefficient (Wildman–Crippen LogP) is -3.10. The van der Waals surface area contributed by atoms with E-state index in [9.17, 15) is 20.1 Å². The van der Waals surface area contributed by atoms with Crippen molar-refractivity contribution in [3.63, 3.8) is 0 Å². The van der Waals surface area contributed by atoms with Crippen LogP contribution >= 0.6 is 0 Å². The van der Waals surface area contributed by atoms with Gasteiger partial charge in [-0.1, -0.05) is 0 Å². The highest BCUT2D eigenvalue weighted by molar-refractivity contribution is 5.73. The zero-order chi connectivity index (χ0) is 13.9. The first kappa shape index (κ1) is 12.7. The number of hydrogen-bond donors (Lipinski definition) is 5. The van der Waals surface area contributed by atoms with Crippen LogP contribution in [0.2, 0.25) is 0 Å². The summed E-state index contributed by atoms with van der Waals surface area (Å²) in [5.74, 6) is -0.878. The summed E-state index contributed by atoms with van der Waals surface area (Å²) in [5, 5.41) is 40.4. The van der Waals surface area contributed by atoms with Crippen molar-refractivity contribution in [2.75, 3.05) is 13.7 Å². The van der Waals surface area contributed by atoms with Gasteiger partial charge in [0.1, 0.15) is 18.3 Å². The van der Waals surface area contributed by atoms with Gasteiger partial charge < -0.3 is 35.2 Å². The third kappa shape index (κ3) is 2.57. The molecule has 5 atom stereocenters. The van der Waals surface area contributed by atoms with Crippen molar-refractivity contribution < 1.29 is 36.1 Å². The Morgan fingerprint density at radius 2 is 2.29 bits per heavy atom. The molecule has 8 nitrogen and oxygen atoms in total. The third-order valence-electron chi connectivity index (χ3n) is 2.55. The van der Waals surface area contributed by atoms with Crippen LogP contribution in [0.25, 0.3) is 0 Å². The molecule has 0 aromatic rings. The van der Waals surface area contributed by atoms with Crippen LogP contribution in [-0.2, 0) is 14.3 Å². The van der Waals surface area contributed by atoms with E-state index in [0.29, 0.717) is 0 Å². The van der Waals surface area contributed by atoms with Crippen LogP contribution in [0.1, 0.15) is 8.27 Å². The molecular formula is C9H17NO7. The summed E-state index contributed by atoms with van der Waals surface area (Å²) < 4.78 is 16.6. The lowest BCUT2D eigenvalue weighted by molar-refractivity contribution is -0.342. The van der Waals surface area contributed by atoms with Crippen molar-refractivity contribution >= 4 is 5.91 Å². The van der Waals surface area contributed by atoms with Gasteiger partial charge in [-0.3, -0.25) is 4.79 Å². The van der Waals surface area contributed by atoms with Gasteiger partial charge in [0.2, 0.25) is 17.9 Å². The molecule has 1 amide bonds. The van der Waals surface area contributed by atoms with Crippen molar-refractivity contribution in [3.8, 4) is 0 Å². The topological polar surface area (TPSA) is 128 Å². The number of methoxy groups -OCH3 is 1. The number of ether oxygens (including phenoxy) is 2. The van der Waals surface area contributed by atoms with Gasteiger partial charge in [-0.05, 0) is 0 Å². The first-order valence-electron chi connectivity index (χ1n) is 5.59. The van der Waals surface area contributed by atoms with E-state index in [2.05, 4.69) is 0 Å². The lowest BCUT2D eigenvalue weighted by Crippen LogP contribution is -2.73. The first-order chi connectivity index (χ1) is 8.40. The van der Waals surface area contributed by atoms with Crippen molar-refractivity contribution in [2.24, 2.45) is 0 Å². The summed E-state index contributed by atoms with van der Waals surface area (Å²) in [6.07, 6.45) is -6.08. The van der Waals surface area contributed by atoms with Crippen LogP contribution in [-0.4, -0.2) is 70.4 Å². The number of hydrogen-bond acceptors (Lipinski definition) is 7. The Morgan fingerprint density at radius 1 is 1.65 bits per heavy atom. The number of rotatable bonds is 3. The molecule has 0 aliphatic carbocycles. The summed E-state index contributed by atoms with van der Waals surface area (Å²) in [4.78, 5) is 11.1. The second-order valence-electron chi connectivity index (χ2n) is 3.73. The molecule has 0 bridgehead atoms. The van der Waals surface area contributed by atoms with Gasteiger partial charge in [-0.25, -0.2) is 0 Å².